The molecule has 0 spiro atoms. The summed E-state index contributed by atoms with van der Waals surface area (Å²) in [6.45, 7) is 0. The van der Waals surface area contributed by atoms with Crippen LogP contribution in [-0.2, 0) is 6.42 Å². The Morgan fingerprint density at radius 1 is 1.21 bits per heavy atom. The Kier molecular flexibility index (Phi) is 3.42. The summed E-state index contributed by atoms with van der Waals surface area (Å²) < 4.78 is 0. The Morgan fingerprint density at radius 3 is 2.83 bits per heavy atom. The number of rotatable bonds is 3. The highest BCUT2D eigenvalue weighted by molar-refractivity contribution is 5.78. The van der Waals surface area contributed by atoms with Crippen molar-refractivity contribution < 1.29 is 4.92 Å². The van der Waals surface area contributed by atoms with Crippen LogP contribution in [0.5, 0.6) is 0 Å². The maximum atomic E-state index is 11.4. The third kappa shape index (κ3) is 2.48. The van der Waals surface area contributed by atoms with Crippen molar-refractivity contribution in [3.05, 3.63) is 76.1 Å². The molecule has 1 atom stereocenters. The van der Waals surface area contributed by atoms with Gasteiger partial charge in [-0.1, -0.05) is 30.3 Å². The molecule has 0 fully saturated rings. The Hall–Kier alpha value is -3.28. The average Bonchev–Trinajstić information content (AvgIpc) is 3.09. The van der Waals surface area contributed by atoms with Crippen LogP contribution in [0.15, 0.2) is 59.9 Å². The topological polar surface area (TPSA) is 84.2 Å². The van der Waals surface area contributed by atoms with Crippen LogP contribution in [0, 0.1) is 10.1 Å². The molecule has 0 aliphatic carbocycles. The van der Waals surface area contributed by atoms with Crippen LogP contribution in [0.3, 0.4) is 0 Å². The molecule has 0 amide bonds. The molecule has 0 saturated carbocycles. The van der Waals surface area contributed by atoms with Crippen molar-refractivity contribution in [2.45, 2.75) is 12.3 Å². The minimum Gasteiger partial charge on any atom is -0.346 e. The molecule has 3 heterocycles. The van der Waals surface area contributed by atoms with Crippen molar-refractivity contribution in [1.29, 1.82) is 0 Å². The van der Waals surface area contributed by atoms with E-state index >= 15 is 0 Å². The Morgan fingerprint density at radius 2 is 2.04 bits per heavy atom. The van der Waals surface area contributed by atoms with Crippen molar-refractivity contribution in [2.24, 2.45) is 4.99 Å². The summed E-state index contributed by atoms with van der Waals surface area (Å²) in [7, 11) is 0. The van der Waals surface area contributed by atoms with Gasteiger partial charge in [-0.3, -0.25) is 10.1 Å². The first kappa shape index (κ1) is 14.3. The summed E-state index contributed by atoms with van der Waals surface area (Å²) in [6.07, 6.45) is 5.64. The number of hydrogen-bond donors (Lipinski definition) is 1. The maximum absolute atomic E-state index is 11.4. The molecule has 24 heavy (non-hydrogen) atoms. The second-order valence-corrected chi connectivity index (χ2v) is 5.69. The molecule has 0 saturated heterocycles. The minimum atomic E-state index is -0.377. The second-order valence-electron chi connectivity index (χ2n) is 5.69. The van der Waals surface area contributed by atoms with E-state index < -0.39 is 0 Å². The summed E-state index contributed by atoms with van der Waals surface area (Å²) in [6, 6.07) is 13.4. The summed E-state index contributed by atoms with van der Waals surface area (Å²) in [5, 5.41) is 11.4. The standard InChI is InChI=1S/C18H14N4O2/c23-22(24)17-11-20-16(12-4-2-1-3-5-12)9-15(17)14-8-13-6-7-19-18(13)21-10-14/h1-7,9-11,14,19H,8H2. The van der Waals surface area contributed by atoms with E-state index in [1.165, 1.54) is 6.20 Å². The van der Waals surface area contributed by atoms with Gasteiger partial charge in [-0.15, -0.1) is 0 Å². The summed E-state index contributed by atoms with van der Waals surface area (Å²) in [5.41, 5.74) is 3.40. The lowest BCUT2D eigenvalue weighted by atomic mass is 9.90. The van der Waals surface area contributed by atoms with Crippen LogP contribution >= 0.6 is 0 Å². The zero-order valence-electron chi connectivity index (χ0n) is 12.7. The van der Waals surface area contributed by atoms with Crippen LogP contribution in [0.2, 0.25) is 0 Å². The highest BCUT2D eigenvalue weighted by Gasteiger charge is 2.26. The van der Waals surface area contributed by atoms with E-state index in [0.717, 1.165) is 22.6 Å². The predicted octanol–water partition coefficient (Wildman–Crippen LogP) is 4.03. The molecule has 1 aliphatic rings. The number of aromatic nitrogens is 2. The van der Waals surface area contributed by atoms with E-state index in [1.54, 1.807) is 6.21 Å². The SMILES string of the molecule is O=[N+]([O-])c1cnc(-c2ccccc2)cc1C1C=Nc2[nH]ccc2C1. The van der Waals surface area contributed by atoms with E-state index in [4.69, 9.17) is 0 Å². The number of fused-ring (bicyclic) bond motifs is 1. The summed E-state index contributed by atoms with van der Waals surface area (Å²) in [4.78, 5) is 22.8. The Balaban J connectivity index is 1.79. The fraction of sp³-hybridized carbons (Fsp3) is 0.111. The maximum Gasteiger partial charge on any atom is 0.291 e. The van der Waals surface area contributed by atoms with Gasteiger partial charge < -0.3 is 4.98 Å². The van der Waals surface area contributed by atoms with E-state index in [9.17, 15) is 10.1 Å². The molecule has 6 heteroatoms. The number of pyridine rings is 1. The molecule has 2 aromatic heterocycles. The highest BCUT2D eigenvalue weighted by Crippen LogP contribution is 2.35. The van der Waals surface area contributed by atoms with E-state index in [-0.39, 0.29) is 16.5 Å². The summed E-state index contributed by atoms with van der Waals surface area (Å²) >= 11 is 0. The number of nitrogens with zero attached hydrogens (tertiary/aromatic N) is 3. The molecule has 4 rings (SSSR count). The van der Waals surface area contributed by atoms with Gasteiger partial charge >= 0.3 is 0 Å². The lowest BCUT2D eigenvalue weighted by molar-refractivity contribution is -0.385. The first-order chi connectivity index (χ1) is 11.7. The lowest BCUT2D eigenvalue weighted by Gasteiger charge is -2.17. The van der Waals surface area contributed by atoms with Gasteiger partial charge in [0, 0.05) is 29.5 Å². The molecule has 1 aromatic carbocycles. The van der Waals surface area contributed by atoms with Crippen LogP contribution in [-0.4, -0.2) is 21.1 Å². The fourth-order valence-electron chi connectivity index (χ4n) is 3.00. The molecular weight excluding hydrogens is 304 g/mol. The lowest BCUT2D eigenvalue weighted by Crippen LogP contribution is -2.11. The van der Waals surface area contributed by atoms with Crippen LogP contribution in [0.25, 0.3) is 11.3 Å². The van der Waals surface area contributed by atoms with Gasteiger partial charge in [-0.25, -0.2) is 9.98 Å². The summed E-state index contributed by atoms with van der Waals surface area (Å²) in [5.74, 6) is 0.686. The first-order valence-corrected chi connectivity index (χ1v) is 7.62. The van der Waals surface area contributed by atoms with Gasteiger partial charge in [0.05, 0.1) is 10.6 Å². The van der Waals surface area contributed by atoms with Crippen molar-refractivity contribution in [3.63, 3.8) is 0 Å². The fourth-order valence-corrected chi connectivity index (χ4v) is 3.00. The average molecular weight is 318 g/mol. The molecule has 1 N–H and O–H groups in total. The zero-order chi connectivity index (χ0) is 16.5. The Labute approximate surface area is 138 Å². The third-order valence-electron chi connectivity index (χ3n) is 4.21. The number of aromatic amines is 1. The number of hydrogen-bond acceptors (Lipinski definition) is 4. The highest BCUT2D eigenvalue weighted by atomic mass is 16.6. The van der Waals surface area contributed by atoms with Crippen molar-refractivity contribution in [3.8, 4) is 11.3 Å². The molecule has 0 radical (unpaired) electrons. The van der Waals surface area contributed by atoms with Gasteiger partial charge in [0.25, 0.3) is 5.69 Å². The quantitative estimate of drug-likeness (QED) is 0.584. The molecule has 6 nitrogen and oxygen atoms in total. The van der Waals surface area contributed by atoms with Crippen LogP contribution < -0.4 is 0 Å². The minimum absolute atomic E-state index is 0.0325. The molecular formula is C18H14N4O2. The van der Waals surface area contributed by atoms with Crippen molar-refractivity contribution in [2.75, 3.05) is 0 Å². The second kappa shape index (κ2) is 5.73. The normalized spacial score (nSPS) is 15.9. The van der Waals surface area contributed by atoms with Gasteiger partial charge in [-0.2, -0.15) is 0 Å². The Bertz CT molecular complexity index is 931. The molecule has 0 bridgehead atoms. The number of nitro groups is 1. The molecule has 1 unspecified atom stereocenters. The number of aliphatic imine (C=N–C) groups is 1. The van der Waals surface area contributed by atoms with Gasteiger partial charge in [0.15, 0.2) is 0 Å². The molecule has 3 aromatic rings. The van der Waals surface area contributed by atoms with E-state index in [2.05, 4.69) is 15.0 Å². The predicted molar refractivity (Wildman–Crippen MR) is 91.7 cm³/mol. The number of H-pyrrole nitrogens is 1. The van der Waals surface area contributed by atoms with Crippen molar-refractivity contribution in [1.82, 2.24) is 9.97 Å². The van der Waals surface area contributed by atoms with Gasteiger partial charge in [-0.05, 0) is 24.1 Å². The van der Waals surface area contributed by atoms with E-state index in [1.807, 2.05) is 48.7 Å². The smallest absolute Gasteiger partial charge is 0.291 e. The van der Waals surface area contributed by atoms with Gasteiger partial charge in [0.2, 0.25) is 0 Å². The van der Waals surface area contributed by atoms with Crippen molar-refractivity contribution >= 4 is 17.7 Å². The zero-order valence-corrected chi connectivity index (χ0v) is 12.7. The number of nitrogens with one attached hydrogen (secondary N) is 1. The third-order valence-corrected chi connectivity index (χ3v) is 4.21. The van der Waals surface area contributed by atoms with E-state index in [0.29, 0.717) is 12.0 Å². The van der Waals surface area contributed by atoms with Crippen LogP contribution in [0.4, 0.5) is 11.5 Å². The largest absolute Gasteiger partial charge is 0.346 e. The molecule has 1 aliphatic heterocycles. The van der Waals surface area contributed by atoms with Gasteiger partial charge in [0.1, 0.15) is 12.0 Å². The molecule has 118 valence electrons. The number of benzene rings is 1. The van der Waals surface area contributed by atoms with Crippen LogP contribution in [0.1, 0.15) is 17.0 Å². The first-order valence-electron chi connectivity index (χ1n) is 7.62. The monoisotopic (exact) mass is 318 g/mol.